The number of rotatable bonds is 11. The molecule has 5 heteroatoms. The van der Waals surface area contributed by atoms with Gasteiger partial charge in [0.25, 0.3) is 0 Å². The van der Waals surface area contributed by atoms with Crippen LogP contribution in [-0.4, -0.2) is 38.0 Å². The van der Waals surface area contributed by atoms with Crippen LogP contribution >= 0.6 is 15.9 Å². The number of unbranched alkanes of at least 4 members (excludes halogenated alkanes) is 6. The molecule has 19 heavy (non-hydrogen) atoms. The molecular formula is C14H27BrO3S. The van der Waals surface area contributed by atoms with Crippen molar-refractivity contribution in [2.75, 3.05) is 23.4 Å². The number of sulfone groups is 1. The molecule has 1 saturated heterocycles. The summed E-state index contributed by atoms with van der Waals surface area (Å²) in [5.74, 6) is 0.576. The van der Waals surface area contributed by atoms with E-state index in [0.29, 0.717) is 5.75 Å². The quantitative estimate of drug-likeness (QED) is 0.419. The van der Waals surface area contributed by atoms with Crippen molar-refractivity contribution < 1.29 is 13.2 Å². The molecule has 1 rings (SSSR count). The van der Waals surface area contributed by atoms with Gasteiger partial charge in [0.15, 0.2) is 9.84 Å². The van der Waals surface area contributed by atoms with Crippen LogP contribution in [0.2, 0.25) is 0 Å². The zero-order valence-corrected chi connectivity index (χ0v) is 14.2. The summed E-state index contributed by atoms with van der Waals surface area (Å²) in [4.78, 5) is 0. The summed E-state index contributed by atoms with van der Waals surface area (Å²) >= 11 is 3.42. The summed E-state index contributed by atoms with van der Waals surface area (Å²) in [5.41, 5.74) is 0. The molecule has 0 saturated carbocycles. The molecule has 114 valence electrons. The molecule has 3 nitrogen and oxygen atoms in total. The fraction of sp³-hybridized carbons (Fsp3) is 1.00. The van der Waals surface area contributed by atoms with E-state index in [1.54, 1.807) is 0 Å². The van der Waals surface area contributed by atoms with E-state index in [2.05, 4.69) is 15.9 Å². The second-order valence-electron chi connectivity index (χ2n) is 5.41. The Morgan fingerprint density at radius 2 is 1.63 bits per heavy atom. The van der Waals surface area contributed by atoms with Gasteiger partial charge in [-0.1, -0.05) is 48.0 Å². The van der Waals surface area contributed by atoms with E-state index < -0.39 is 9.84 Å². The van der Waals surface area contributed by atoms with Crippen LogP contribution in [0.5, 0.6) is 0 Å². The van der Waals surface area contributed by atoms with Gasteiger partial charge in [-0.25, -0.2) is 8.42 Å². The predicted octanol–water partition coefficient (Wildman–Crippen LogP) is 3.71. The fourth-order valence-electron chi connectivity index (χ4n) is 2.44. The summed E-state index contributed by atoms with van der Waals surface area (Å²) in [6.45, 7) is 0.731. The van der Waals surface area contributed by atoms with Crippen molar-refractivity contribution in [3.63, 3.8) is 0 Å². The molecule has 1 aliphatic rings. The van der Waals surface area contributed by atoms with E-state index in [1.807, 2.05) is 0 Å². The maximum Gasteiger partial charge on any atom is 0.152 e. The lowest BCUT2D eigenvalue weighted by Crippen LogP contribution is -2.22. The first kappa shape index (κ1) is 17.4. The highest BCUT2D eigenvalue weighted by molar-refractivity contribution is 9.09. The zero-order valence-electron chi connectivity index (χ0n) is 11.8. The van der Waals surface area contributed by atoms with Crippen molar-refractivity contribution >= 4 is 25.8 Å². The first-order valence-electron chi connectivity index (χ1n) is 7.52. The molecule has 0 radical (unpaired) electrons. The molecule has 1 heterocycles. The minimum Gasteiger partial charge on any atom is -0.377 e. The Hall–Kier alpha value is 0.390. The molecule has 0 N–H and O–H groups in total. The highest BCUT2D eigenvalue weighted by atomic mass is 79.9. The van der Waals surface area contributed by atoms with Gasteiger partial charge in [-0.05, 0) is 25.7 Å². The molecule has 0 aliphatic carbocycles. The summed E-state index contributed by atoms with van der Waals surface area (Å²) < 4.78 is 29.1. The SMILES string of the molecule is O=S(=O)(CCCCCCCCCBr)CC1CCCO1. The standard InChI is InChI=1S/C14H27BrO3S/c15-10-6-4-2-1-3-5-7-12-19(16,17)13-14-9-8-11-18-14/h14H,1-13H2. The van der Waals surface area contributed by atoms with E-state index in [4.69, 9.17) is 4.74 Å². The molecule has 1 atom stereocenters. The molecular weight excluding hydrogens is 328 g/mol. The topological polar surface area (TPSA) is 43.4 Å². The van der Waals surface area contributed by atoms with Crippen molar-refractivity contribution in [3.05, 3.63) is 0 Å². The van der Waals surface area contributed by atoms with Crippen molar-refractivity contribution in [2.45, 2.75) is 63.9 Å². The molecule has 1 unspecified atom stereocenters. The van der Waals surface area contributed by atoms with E-state index in [0.717, 1.165) is 44.0 Å². The van der Waals surface area contributed by atoms with Gasteiger partial charge in [0.2, 0.25) is 0 Å². The summed E-state index contributed by atoms with van der Waals surface area (Å²) in [7, 11) is -2.90. The van der Waals surface area contributed by atoms with Crippen LogP contribution in [0.3, 0.4) is 0 Å². The third-order valence-corrected chi connectivity index (χ3v) is 5.90. The van der Waals surface area contributed by atoms with Crippen molar-refractivity contribution in [3.8, 4) is 0 Å². The predicted molar refractivity (Wildman–Crippen MR) is 83.7 cm³/mol. The van der Waals surface area contributed by atoms with E-state index in [9.17, 15) is 8.42 Å². The van der Waals surface area contributed by atoms with Crippen LogP contribution in [-0.2, 0) is 14.6 Å². The van der Waals surface area contributed by atoms with Crippen LogP contribution in [0.4, 0.5) is 0 Å². The van der Waals surface area contributed by atoms with Crippen molar-refractivity contribution in [1.82, 2.24) is 0 Å². The number of alkyl halides is 1. The Kier molecular flexibility index (Phi) is 9.33. The molecule has 0 spiro atoms. The van der Waals surface area contributed by atoms with Crippen LogP contribution in [0, 0.1) is 0 Å². The average Bonchev–Trinajstić information content (AvgIpc) is 2.84. The van der Waals surface area contributed by atoms with Gasteiger partial charge in [0, 0.05) is 11.9 Å². The van der Waals surface area contributed by atoms with Crippen LogP contribution in [0.1, 0.15) is 57.8 Å². The lowest BCUT2D eigenvalue weighted by atomic mass is 10.1. The largest absolute Gasteiger partial charge is 0.377 e. The molecule has 0 aromatic carbocycles. The Bertz CT molecular complexity index is 311. The number of hydrogen-bond acceptors (Lipinski definition) is 3. The lowest BCUT2D eigenvalue weighted by Gasteiger charge is -2.09. The molecule has 0 aromatic rings. The third-order valence-electron chi connectivity index (χ3n) is 3.55. The Morgan fingerprint density at radius 1 is 1.00 bits per heavy atom. The van der Waals surface area contributed by atoms with E-state index in [1.165, 1.54) is 25.7 Å². The smallest absolute Gasteiger partial charge is 0.152 e. The number of halogens is 1. The highest BCUT2D eigenvalue weighted by Crippen LogP contribution is 2.15. The van der Waals surface area contributed by atoms with Gasteiger partial charge in [0.05, 0.1) is 17.6 Å². The van der Waals surface area contributed by atoms with Crippen LogP contribution in [0.25, 0.3) is 0 Å². The highest BCUT2D eigenvalue weighted by Gasteiger charge is 2.22. The summed E-state index contributed by atoms with van der Waals surface area (Å²) in [6.07, 6.45) is 9.94. The van der Waals surface area contributed by atoms with Crippen LogP contribution < -0.4 is 0 Å². The maximum absolute atomic E-state index is 11.9. The van der Waals surface area contributed by atoms with Gasteiger partial charge < -0.3 is 4.74 Å². The third kappa shape index (κ3) is 9.03. The first-order valence-corrected chi connectivity index (χ1v) is 10.5. The van der Waals surface area contributed by atoms with Gasteiger partial charge >= 0.3 is 0 Å². The fourth-order valence-corrected chi connectivity index (χ4v) is 4.48. The van der Waals surface area contributed by atoms with E-state index >= 15 is 0 Å². The normalized spacial score (nSPS) is 19.9. The Balaban J connectivity index is 1.98. The molecule has 0 aromatic heterocycles. The molecule has 0 amide bonds. The van der Waals surface area contributed by atoms with Crippen molar-refractivity contribution in [1.29, 1.82) is 0 Å². The summed E-state index contributed by atoms with van der Waals surface area (Å²) in [5, 5.41) is 1.09. The average molecular weight is 355 g/mol. The van der Waals surface area contributed by atoms with Gasteiger partial charge in [-0.2, -0.15) is 0 Å². The maximum atomic E-state index is 11.9. The minimum absolute atomic E-state index is 0.0331. The zero-order chi connectivity index (χ0) is 14.0. The van der Waals surface area contributed by atoms with Gasteiger partial charge in [-0.15, -0.1) is 0 Å². The lowest BCUT2D eigenvalue weighted by molar-refractivity contribution is 0.127. The monoisotopic (exact) mass is 354 g/mol. The summed E-state index contributed by atoms with van der Waals surface area (Å²) in [6, 6.07) is 0. The van der Waals surface area contributed by atoms with Gasteiger partial charge in [-0.3, -0.25) is 0 Å². The Labute approximate surface area is 126 Å². The Morgan fingerprint density at radius 3 is 2.21 bits per heavy atom. The van der Waals surface area contributed by atoms with Crippen molar-refractivity contribution in [2.24, 2.45) is 0 Å². The minimum atomic E-state index is -2.90. The second-order valence-corrected chi connectivity index (χ2v) is 8.43. The number of hydrogen-bond donors (Lipinski definition) is 0. The van der Waals surface area contributed by atoms with E-state index in [-0.39, 0.29) is 11.9 Å². The van der Waals surface area contributed by atoms with Crippen LogP contribution in [0.15, 0.2) is 0 Å². The van der Waals surface area contributed by atoms with Gasteiger partial charge in [0.1, 0.15) is 0 Å². The molecule has 1 fully saturated rings. The molecule has 0 bridgehead atoms. The first-order chi connectivity index (χ1) is 9.14. The second kappa shape index (κ2) is 10.2. The number of ether oxygens (including phenoxy) is 1. The molecule has 1 aliphatic heterocycles.